The molecule has 2 aliphatic rings. The summed E-state index contributed by atoms with van der Waals surface area (Å²) in [6, 6.07) is 11.9. The van der Waals surface area contributed by atoms with Crippen LogP contribution >= 0.6 is 11.6 Å². The zero-order chi connectivity index (χ0) is 24.6. The number of hydrogen-bond donors (Lipinski definition) is 1. The van der Waals surface area contributed by atoms with E-state index in [-0.39, 0.29) is 16.1 Å². The fourth-order valence-electron chi connectivity index (χ4n) is 5.25. The number of ether oxygens (including phenoxy) is 1. The monoisotopic (exact) mass is 502 g/mol. The van der Waals surface area contributed by atoms with Gasteiger partial charge in [-0.2, -0.15) is 13.2 Å². The molecule has 2 aromatic heterocycles. The van der Waals surface area contributed by atoms with Crippen molar-refractivity contribution in [2.24, 2.45) is 0 Å². The first-order chi connectivity index (χ1) is 16.8. The number of nitrogens with one attached hydrogen (secondary N) is 1. The van der Waals surface area contributed by atoms with Crippen molar-refractivity contribution in [3.63, 3.8) is 0 Å². The van der Waals surface area contributed by atoms with Gasteiger partial charge in [0.25, 0.3) is 0 Å². The Morgan fingerprint density at radius 3 is 2.69 bits per heavy atom. The second-order valence-corrected chi connectivity index (χ2v) is 9.45. The fourth-order valence-corrected chi connectivity index (χ4v) is 5.43. The summed E-state index contributed by atoms with van der Waals surface area (Å²) in [4.78, 5) is 11.1. The lowest BCUT2D eigenvalue weighted by Gasteiger charge is -2.46. The van der Waals surface area contributed by atoms with Crippen LogP contribution in [0.25, 0.3) is 11.3 Å². The van der Waals surface area contributed by atoms with Crippen molar-refractivity contribution in [2.45, 2.75) is 37.9 Å². The van der Waals surface area contributed by atoms with E-state index >= 15 is 0 Å². The molecule has 1 aromatic carbocycles. The van der Waals surface area contributed by atoms with E-state index in [0.29, 0.717) is 32.1 Å². The molecule has 0 unspecified atom stereocenters. The Morgan fingerprint density at radius 2 is 1.94 bits per heavy atom. The van der Waals surface area contributed by atoms with Crippen LogP contribution < -0.4 is 15.0 Å². The number of hydrogen-bond acceptors (Lipinski definition) is 5. The molecule has 0 atom stereocenters. The summed E-state index contributed by atoms with van der Waals surface area (Å²) in [5.74, 6) is 0.553. The minimum atomic E-state index is -4.46. The first-order valence-electron chi connectivity index (χ1n) is 11.7. The Kier molecular flexibility index (Phi) is 6.36. The average molecular weight is 503 g/mol. The molecule has 1 fully saturated rings. The van der Waals surface area contributed by atoms with Crippen LogP contribution in [-0.4, -0.2) is 36.2 Å². The number of alkyl halides is 3. The Labute approximate surface area is 207 Å². The SMILES string of the molecule is CCOc1ncccc1-c1ccc2c(n1)CNCC21CCN(c2ccc(Cl)cc2C(F)(F)F)CC1. The molecule has 1 saturated heterocycles. The Bertz CT molecular complexity index is 1230. The minimum Gasteiger partial charge on any atom is -0.477 e. The van der Waals surface area contributed by atoms with Crippen molar-refractivity contribution in [2.75, 3.05) is 31.1 Å². The van der Waals surface area contributed by atoms with Gasteiger partial charge in [0.15, 0.2) is 0 Å². The fraction of sp³-hybridized carbons (Fsp3) is 0.385. The highest BCUT2D eigenvalue weighted by molar-refractivity contribution is 6.30. The third kappa shape index (κ3) is 4.57. The summed E-state index contributed by atoms with van der Waals surface area (Å²) >= 11 is 5.87. The molecule has 35 heavy (non-hydrogen) atoms. The Hall–Kier alpha value is -2.84. The first kappa shape index (κ1) is 23.9. The van der Waals surface area contributed by atoms with Gasteiger partial charge in [-0.15, -0.1) is 0 Å². The Balaban J connectivity index is 1.42. The third-order valence-corrected chi connectivity index (χ3v) is 7.19. The van der Waals surface area contributed by atoms with Crippen molar-refractivity contribution >= 4 is 17.3 Å². The number of fused-ring (bicyclic) bond motifs is 2. The number of rotatable bonds is 4. The van der Waals surface area contributed by atoms with Gasteiger partial charge in [-0.05, 0) is 61.7 Å². The highest BCUT2D eigenvalue weighted by Crippen LogP contribution is 2.44. The summed E-state index contributed by atoms with van der Waals surface area (Å²) in [5.41, 5.74) is 3.12. The molecule has 184 valence electrons. The van der Waals surface area contributed by atoms with E-state index in [2.05, 4.69) is 16.4 Å². The summed E-state index contributed by atoms with van der Waals surface area (Å²) in [5, 5.41) is 3.58. The van der Waals surface area contributed by atoms with E-state index in [4.69, 9.17) is 21.3 Å². The lowest BCUT2D eigenvalue weighted by molar-refractivity contribution is -0.137. The zero-order valence-electron chi connectivity index (χ0n) is 19.3. The number of anilines is 1. The van der Waals surface area contributed by atoms with Gasteiger partial charge in [-0.3, -0.25) is 4.98 Å². The maximum Gasteiger partial charge on any atom is 0.418 e. The molecule has 3 aromatic rings. The molecule has 4 heterocycles. The normalized spacial score (nSPS) is 17.3. The van der Waals surface area contributed by atoms with Crippen LogP contribution in [0.4, 0.5) is 18.9 Å². The number of piperidine rings is 1. The highest BCUT2D eigenvalue weighted by Gasteiger charge is 2.42. The van der Waals surface area contributed by atoms with E-state index in [1.54, 1.807) is 6.20 Å². The quantitative estimate of drug-likeness (QED) is 0.484. The van der Waals surface area contributed by atoms with Crippen molar-refractivity contribution < 1.29 is 17.9 Å². The molecule has 0 bridgehead atoms. The van der Waals surface area contributed by atoms with Crippen molar-refractivity contribution in [1.82, 2.24) is 15.3 Å². The van der Waals surface area contributed by atoms with E-state index in [9.17, 15) is 13.2 Å². The number of nitrogens with zero attached hydrogens (tertiary/aromatic N) is 3. The molecule has 9 heteroatoms. The van der Waals surface area contributed by atoms with E-state index in [1.807, 2.05) is 30.0 Å². The Morgan fingerprint density at radius 1 is 1.14 bits per heavy atom. The summed E-state index contributed by atoms with van der Waals surface area (Å²) in [7, 11) is 0. The molecule has 0 radical (unpaired) electrons. The van der Waals surface area contributed by atoms with Gasteiger partial charge >= 0.3 is 6.18 Å². The van der Waals surface area contributed by atoms with E-state index < -0.39 is 11.7 Å². The molecular formula is C26H26ClF3N4O. The van der Waals surface area contributed by atoms with Crippen molar-refractivity contribution in [3.8, 4) is 17.1 Å². The van der Waals surface area contributed by atoms with Gasteiger partial charge in [0.1, 0.15) is 0 Å². The number of pyridine rings is 2. The van der Waals surface area contributed by atoms with Crippen LogP contribution in [0.3, 0.4) is 0 Å². The molecule has 0 saturated carbocycles. The van der Waals surface area contributed by atoms with Crippen molar-refractivity contribution in [3.05, 3.63) is 70.5 Å². The second kappa shape index (κ2) is 9.32. The molecule has 2 aliphatic heterocycles. The molecule has 0 amide bonds. The van der Waals surface area contributed by atoms with Crippen LogP contribution in [0.1, 0.15) is 36.6 Å². The highest BCUT2D eigenvalue weighted by atomic mass is 35.5. The van der Waals surface area contributed by atoms with Gasteiger partial charge in [0, 0.05) is 48.5 Å². The third-order valence-electron chi connectivity index (χ3n) is 6.95. The standard InChI is InChI=1S/C26H26ClF3N4O/c1-2-35-24-18(4-3-11-32-24)21-7-6-19-22(33-21)15-31-16-25(19)9-12-34(13-10-25)23-8-5-17(27)14-20(23)26(28,29)30/h3-8,11,14,31H,2,9-10,12-13,15-16H2,1H3. The molecule has 1 N–H and O–H groups in total. The van der Waals surface area contributed by atoms with E-state index in [0.717, 1.165) is 42.4 Å². The first-order valence-corrected chi connectivity index (χ1v) is 12.1. The van der Waals surface area contributed by atoms with Gasteiger partial charge < -0.3 is 15.0 Å². The summed E-state index contributed by atoms with van der Waals surface area (Å²) < 4.78 is 46.7. The number of benzene rings is 1. The predicted octanol–water partition coefficient (Wildman–Crippen LogP) is 5.86. The summed E-state index contributed by atoms with van der Waals surface area (Å²) in [6.45, 7) is 4.89. The van der Waals surface area contributed by atoms with Crippen LogP contribution in [0.5, 0.6) is 5.88 Å². The van der Waals surface area contributed by atoms with Gasteiger partial charge in [-0.25, -0.2) is 4.98 Å². The molecular weight excluding hydrogens is 477 g/mol. The minimum absolute atomic E-state index is 0.0861. The number of halogens is 4. The predicted molar refractivity (Wildman–Crippen MR) is 130 cm³/mol. The maximum absolute atomic E-state index is 13.7. The number of aromatic nitrogens is 2. The van der Waals surface area contributed by atoms with Crippen molar-refractivity contribution in [1.29, 1.82) is 0 Å². The topological polar surface area (TPSA) is 50.3 Å². The largest absolute Gasteiger partial charge is 0.477 e. The lowest BCUT2D eigenvalue weighted by Crippen LogP contribution is -2.51. The molecule has 5 rings (SSSR count). The molecule has 0 aliphatic carbocycles. The smallest absolute Gasteiger partial charge is 0.418 e. The van der Waals surface area contributed by atoms with Gasteiger partial charge in [0.2, 0.25) is 5.88 Å². The van der Waals surface area contributed by atoms with Gasteiger partial charge in [0.05, 0.1) is 29.1 Å². The van der Waals surface area contributed by atoms with Crippen LogP contribution in [0.15, 0.2) is 48.7 Å². The zero-order valence-corrected chi connectivity index (χ0v) is 20.1. The van der Waals surface area contributed by atoms with Crippen LogP contribution in [0.2, 0.25) is 5.02 Å². The van der Waals surface area contributed by atoms with Crippen LogP contribution in [-0.2, 0) is 18.1 Å². The molecule has 1 spiro atoms. The summed E-state index contributed by atoms with van der Waals surface area (Å²) in [6.07, 6.45) is -1.31. The maximum atomic E-state index is 13.7. The van der Waals surface area contributed by atoms with Crippen LogP contribution in [0, 0.1) is 0 Å². The average Bonchev–Trinajstić information content (AvgIpc) is 2.85. The lowest BCUT2D eigenvalue weighted by atomic mass is 9.70. The second-order valence-electron chi connectivity index (χ2n) is 9.01. The molecule has 5 nitrogen and oxygen atoms in total. The van der Waals surface area contributed by atoms with Gasteiger partial charge in [-0.1, -0.05) is 17.7 Å². The van der Waals surface area contributed by atoms with E-state index in [1.165, 1.54) is 17.7 Å².